The lowest BCUT2D eigenvalue weighted by molar-refractivity contribution is 0.0936. The van der Waals surface area contributed by atoms with E-state index in [1.54, 1.807) is 0 Å². The Morgan fingerprint density at radius 2 is 1.61 bits per heavy atom. The van der Waals surface area contributed by atoms with Crippen LogP contribution in [0.5, 0.6) is 5.75 Å². The normalized spacial score (nSPS) is 26.5. The maximum atomic E-state index is 9.81. The standard InChI is InChI=1S/C25H44O4Si2/c1-24(2,3)30(7,8)27-16-19-20(29-31(9,10)25(4,5)6)14-21-22(19)18-13-11-12-17(15-26)23(18)28-21/h11-13,19-22,26H,14-16H2,1-10H3/t19-,20+,21-,22+/m0/s1. The van der Waals surface area contributed by atoms with E-state index >= 15 is 0 Å². The summed E-state index contributed by atoms with van der Waals surface area (Å²) in [5.41, 5.74) is 2.11. The highest BCUT2D eigenvalue weighted by atomic mass is 28.4. The highest BCUT2D eigenvalue weighted by molar-refractivity contribution is 6.74. The molecule has 1 N–H and O–H groups in total. The third-order valence-electron chi connectivity index (χ3n) is 8.42. The molecule has 0 radical (unpaired) electrons. The van der Waals surface area contributed by atoms with Crippen molar-refractivity contribution in [3.8, 4) is 5.75 Å². The summed E-state index contributed by atoms with van der Waals surface area (Å²) in [5, 5.41) is 10.1. The largest absolute Gasteiger partial charge is 0.489 e. The molecule has 0 spiro atoms. The summed E-state index contributed by atoms with van der Waals surface area (Å²) in [5.74, 6) is 1.42. The smallest absolute Gasteiger partial charge is 0.192 e. The molecule has 0 amide bonds. The minimum Gasteiger partial charge on any atom is -0.489 e. The van der Waals surface area contributed by atoms with Gasteiger partial charge < -0.3 is 18.7 Å². The van der Waals surface area contributed by atoms with Gasteiger partial charge in [-0.2, -0.15) is 0 Å². The topological polar surface area (TPSA) is 47.9 Å². The van der Waals surface area contributed by atoms with Crippen LogP contribution in [0, 0.1) is 5.92 Å². The summed E-state index contributed by atoms with van der Waals surface area (Å²) in [4.78, 5) is 0. The summed E-state index contributed by atoms with van der Waals surface area (Å²) in [6, 6.07) is 6.18. The minimum absolute atomic E-state index is 0.0116. The van der Waals surface area contributed by atoms with Gasteiger partial charge in [0.15, 0.2) is 16.6 Å². The monoisotopic (exact) mass is 464 g/mol. The number of benzene rings is 1. The van der Waals surface area contributed by atoms with Crippen molar-refractivity contribution in [2.24, 2.45) is 5.92 Å². The number of hydrogen-bond donors (Lipinski definition) is 1. The lowest BCUT2D eigenvalue weighted by Crippen LogP contribution is -2.47. The number of aliphatic hydroxyl groups is 1. The SMILES string of the molecule is CC(C)(C)[Si](C)(C)OC[C@@H]1[C@H]2c3cccc(CO)c3O[C@H]2C[C@H]1O[Si](C)(C)C(C)(C)C. The molecule has 4 atom stereocenters. The molecule has 6 heteroatoms. The fraction of sp³-hybridized carbons (Fsp3) is 0.760. The quantitative estimate of drug-likeness (QED) is 0.491. The van der Waals surface area contributed by atoms with Crippen LogP contribution >= 0.6 is 0 Å². The van der Waals surface area contributed by atoms with Gasteiger partial charge in [0.2, 0.25) is 0 Å². The Hall–Kier alpha value is -0.666. The van der Waals surface area contributed by atoms with E-state index in [2.05, 4.69) is 73.8 Å². The molecule has 1 aromatic carbocycles. The van der Waals surface area contributed by atoms with Crippen LogP contribution in [0.1, 0.15) is 65.0 Å². The molecular weight excluding hydrogens is 420 g/mol. The van der Waals surface area contributed by atoms with Crippen molar-refractivity contribution < 1.29 is 18.7 Å². The van der Waals surface area contributed by atoms with Crippen LogP contribution < -0.4 is 4.74 Å². The fourth-order valence-corrected chi connectivity index (χ4v) is 6.74. The van der Waals surface area contributed by atoms with Gasteiger partial charge in [-0.1, -0.05) is 59.7 Å². The Kier molecular flexibility index (Phi) is 6.67. The van der Waals surface area contributed by atoms with Crippen molar-refractivity contribution in [2.75, 3.05) is 6.61 Å². The van der Waals surface area contributed by atoms with Crippen LogP contribution in [0.25, 0.3) is 0 Å². The van der Waals surface area contributed by atoms with Crippen molar-refractivity contribution >= 4 is 16.6 Å². The number of hydrogen-bond acceptors (Lipinski definition) is 4. The average Bonchev–Trinajstić information content (AvgIpc) is 3.13. The van der Waals surface area contributed by atoms with Crippen molar-refractivity contribution in [1.29, 1.82) is 0 Å². The fourth-order valence-electron chi connectivity index (χ4n) is 4.32. The molecule has 1 aliphatic carbocycles. The molecule has 3 rings (SSSR count). The van der Waals surface area contributed by atoms with E-state index in [0.29, 0.717) is 6.61 Å². The Morgan fingerprint density at radius 1 is 1.00 bits per heavy atom. The zero-order valence-electron chi connectivity index (χ0n) is 21.3. The van der Waals surface area contributed by atoms with Gasteiger partial charge in [-0.25, -0.2) is 0 Å². The first-order chi connectivity index (χ1) is 14.1. The molecule has 1 aliphatic heterocycles. The van der Waals surface area contributed by atoms with Gasteiger partial charge in [0.05, 0.1) is 12.7 Å². The highest BCUT2D eigenvalue weighted by Gasteiger charge is 2.54. The molecule has 0 unspecified atom stereocenters. The molecule has 1 heterocycles. The van der Waals surface area contributed by atoms with Crippen LogP contribution in [0.4, 0.5) is 0 Å². The number of aliphatic hydroxyl groups excluding tert-OH is 1. The van der Waals surface area contributed by atoms with E-state index < -0.39 is 16.6 Å². The van der Waals surface area contributed by atoms with E-state index in [-0.39, 0.29) is 40.7 Å². The van der Waals surface area contributed by atoms with E-state index in [9.17, 15) is 5.11 Å². The van der Waals surface area contributed by atoms with Crippen molar-refractivity contribution in [2.45, 2.75) is 109 Å². The Morgan fingerprint density at radius 3 is 2.16 bits per heavy atom. The predicted molar refractivity (Wildman–Crippen MR) is 133 cm³/mol. The van der Waals surface area contributed by atoms with E-state index in [1.165, 1.54) is 5.56 Å². The van der Waals surface area contributed by atoms with Gasteiger partial charge in [0.25, 0.3) is 0 Å². The highest BCUT2D eigenvalue weighted by Crippen LogP contribution is 2.54. The zero-order valence-corrected chi connectivity index (χ0v) is 23.3. The predicted octanol–water partition coefficient (Wildman–Crippen LogP) is 6.46. The van der Waals surface area contributed by atoms with Crippen LogP contribution in [0.3, 0.4) is 0 Å². The van der Waals surface area contributed by atoms with Crippen molar-refractivity contribution in [3.05, 3.63) is 29.3 Å². The van der Waals surface area contributed by atoms with Crippen LogP contribution in [-0.4, -0.2) is 40.6 Å². The molecule has 0 bridgehead atoms. The molecular formula is C25H44O4Si2. The second-order valence-corrected chi connectivity index (χ2v) is 22.1. The van der Waals surface area contributed by atoms with Crippen LogP contribution in [0.2, 0.25) is 36.3 Å². The maximum absolute atomic E-state index is 9.81. The molecule has 31 heavy (non-hydrogen) atoms. The first-order valence-corrected chi connectivity index (χ1v) is 17.6. The number of rotatable bonds is 6. The van der Waals surface area contributed by atoms with Crippen molar-refractivity contribution in [1.82, 2.24) is 0 Å². The van der Waals surface area contributed by atoms with Gasteiger partial charge in [0, 0.05) is 36.0 Å². The first-order valence-electron chi connectivity index (χ1n) is 11.8. The van der Waals surface area contributed by atoms with Gasteiger partial charge in [0.1, 0.15) is 11.9 Å². The second kappa shape index (κ2) is 8.28. The Bertz CT molecular complexity index is 792. The van der Waals surface area contributed by atoms with Gasteiger partial charge >= 0.3 is 0 Å². The molecule has 176 valence electrons. The molecule has 4 nitrogen and oxygen atoms in total. The lowest BCUT2D eigenvalue weighted by atomic mass is 9.88. The van der Waals surface area contributed by atoms with E-state index in [4.69, 9.17) is 13.6 Å². The molecule has 0 aromatic heterocycles. The summed E-state index contributed by atoms with van der Waals surface area (Å²) >= 11 is 0. The average molecular weight is 465 g/mol. The summed E-state index contributed by atoms with van der Waals surface area (Å²) in [6.07, 6.45) is 1.14. The Labute approximate surface area is 191 Å². The third kappa shape index (κ3) is 4.69. The summed E-state index contributed by atoms with van der Waals surface area (Å²) < 4.78 is 20.2. The molecule has 1 saturated carbocycles. The van der Waals surface area contributed by atoms with Crippen LogP contribution in [-0.2, 0) is 15.5 Å². The molecule has 0 saturated heterocycles. The summed E-state index contributed by atoms with van der Waals surface area (Å²) in [6.45, 7) is 23.8. The van der Waals surface area contributed by atoms with Crippen molar-refractivity contribution in [3.63, 3.8) is 0 Å². The summed E-state index contributed by atoms with van der Waals surface area (Å²) in [7, 11) is -3.80. The maximum Gasteiger partial charge on any atom is 0.192 e. The number of para-hydroxylation sites is 1. The number of ether oxygens (including phenoxy) is 1. The van der Waals surface area contributed by atoms with E-state index in [1.807, 2.05) is 12.1 Å². The lowest BCUT2D eigenvalue weighted by Gasteiger charge is -2.42. The number of fused-ring (bicyclic) bond motifs is 3. The molecule has 1 aromatic rings. The molecule has 2 aliphatic rings. The van der Waals surface area contributed by atoms with Gasteiger partial charge in [-0.05, 0) is 36.3 Å². The van der Waals surface area contributed by atoms with Gasteiger partial charge in [-0.3, -0.25) is 0 Å². The van der Waals surface area contributed by atoms with Crippen LogP contribution in [0.15, 0.2) is 18.2 Å². The second-order valence-electron chi connectivity index (χ2n) is 12.6. The third-order valence-corrected chi connectivity index (χ3v) is 17.4. The minimum atomic E-state index is -1.92. The molecule has 1 fully saturated rings. The van der Waals surface area contributed by atoms with E-state index in [0.717, 1.165) is 17.7 Å². The first kappa shape index (κ1) is 25.0. The Balaban J connectivity index is 1.92. The van der Waals surface area contributed by atoms with Gasteiger partial charge in [-0.15, -0.1) is 0 Å². The zero-order chi connectivity index (χ0) is 23.4.